The highest BCUT2D eigenvalue weighted by molar-refractivity contribution is 7.99. The number of aryl methyl sites for hydroxylation is 4. The molecule has 3 aromatic heterocycles. The van der Waals surface area contributed by atoms with E-state index in [1.165, 1.54) is 17.3 Å². The molecule has 3 heterocycles. The Balaban J connectivity index is 1.68. The molecule has 0 aliphatic rings. The molecular formula is C19H20N6OS2. The molecule has 0 amide bonds. The molecule has 1 atom stereocenters. The summed E-state index contributed by atoms with van der Waals surface area (Å²) in [6.45, 7) is 10.1. The lowest BCUT2D eigenvalue weighted by atomic mass is 10.1. The number of rotatable bonds is 4. The van der Waals surface area contributed by atoms with Gasteiger partial charge in [0, 0.05) is 4.88 Å². The van der Waals surface area contributed by atoms with Gasteiger partial charge >= 0.3 is 0 Å². The summed E-state index contributed by atoms with van der Waals surface area (Å²) in [7, 11) is 0. The number of hydrogen-bond donors (Lipinski definition) is 1. The molecule has 4 rings (SSSR count). The summed E-state index contributed by atoms with van der Waals surface area (Å²) >= 11 is 3.01. The van der Waals surface area contributed by atoms with Crippen LogP contribution in [-0.4, -0.2) is 30.2 Å². The Bertz CT molecular complexity index is 1240. The number of nitrogens with zero attached hydrogens (tertiary/aromatic N) is 5. The Hall–Kier alpha value is -2.52. The van der Waals surface area contributed by atoms with Gasteiger partial charge in [0.15, 0.2) is 0 Å². The number of fused-ring (bicyclic) bond motifs is 1. The fraction of sp³-hybridized carbons (Fsp3) is 0.316. The van der Waals surface area contributed by atoms with Crippen LogP contribution in [0, 0.1) is 27.7 Å². The van der Waals surface area contributed by atoms with Crippen molar-refractivity contribution in [2.24, 2.45) is 0 Å². The van der Waals surface area contributed by atoms with Crippen molar-refractivity contribution in [3.05, 3.63) is 55.9 Å². The van der Waals surface area contributed by atoms with E-state index in [4.69, 9.17) is 4.98 Å². The summed E-state index contributed by atoms with van der Waals surface area (Å²) in [4.78, 5) is 22.1. The van der Waals surface area contributed by atoms with Crippen LogP contribution in [0.3, 0.4) is 0 Å². The van der Waals surface area contributed by atoms with Crippen LogP contribution in [-0.2, 0) is 0 Å². The number of H-pyrrole nitrogens is 1. The summed E-state index contributed by atoms with van der Waals surface area (Å²) in [5.41, 5.74) is 4.13. The third kappa shape index (κ3) is 3.24. The Labute approximate surface area is 170 Å². The lowest BCUT2D eigenvalue weighted by molar-refractivity contribution is 0.749. The van der Waals surface area contributed by atoms with Gasteiger partial charge in [-0.2, -0.15) is 4.68 Å². The summed E-state index contributed by atoms with van der Waals surface area (Å²) < 4.78 is 1.73. The van der Waals surface area contributed by atoms with Crippen molar-refractivity contribution in [3.8, 4) is 5.69 Å². The average molecular weight is 413 g/mol. The van der Waals surface area contributed by atoms with Crippen molar-refractivity contribution in [1.29, 1.82) is 0 Å². The number of hydrogen-bond acceptors (Lipinski definition) is 7. The van der Waals surface area contributed by atoms with E-state index >= 15 is 0 Å². The number of thioether (sulfide) groups is 1. The predicted octanol–water partition coefficient (Wildman–Crippen LogP) is 4.05. The Morgan fingerprint density at radius 1 is 1.21 bits per heavy atom. The molecule has 0 aliphatic carbocycles. The van der Waals surface area contributed by atoms with Crippen LogP contribution in [0.5, 0.6) is 0 Å². The third-order valence-electron chi connectivity index (χ3n) is 4.75. The second-order valence-electron chi connectivity index (χ2n) is 6.84. The van der Waals surface area contributed by atoms with E-state index in [0.717, 1.165) is 26.5 Å². The molecule has 28 heavy (non-hydrogen) atoms. The third-order valence-corrected chi connectivity index (χ3v) is 6.89. The highest BCUT2D eigenvalue weighted by Crippen LogP contribution is 2.34. The summed E-state index contributed by atoms with van der Waals surface area (Å²) in [5, 5.41) is 13.4. The van der Waals surface area contributed by atoms with Gasteiger partial charge in [-0.25, -0.2) is 4.98 Å². The molecule has 0 saturated heterocycles. The quantitative estimate of drug-likeness (QED) is 0.509. The fourth-order valence-electron chi connectivity index (χ4n) is 3.12. The predicted molar refractivity (Wildman–Crippen MR) is 113 cm³/mol. The van der Waals surface area contributed by atoms with Gasteiger partial charge in [0.1, 0.15) is 10.7 Å². The molecule has 0 bridgehead atoms. The van der Waals surface area contributed by atoms with E-state index in [1.54, 1.807) is 16.0 Å². The zero-order valence-electron chi connectivity index (χ0n) is 16.3. The van der Waals surface area contributed by atoms with Gasteiger partial charge in [0.05, 0.1) is 16.3 Å². The maximum Gasteiger partial charge on any atom is 0.259 e. The molecule has 0 aliphatic heterocycles. The lowest BCUT2D eigenvalue weighted by Crippen LogP contribution is -2.13. The summed E-state index contributed by atoms with van der Waals surface area (Å²) in [6.07, 6.45) is 0. The Morgan fingerprint density at radius 3 is 2.75 bits per heavy atom. The topological polar surface area (TPSA) is 89.3 Å². The highest BCUT2D eigenvalue weighted by atomic mass is 32.2. The second kappa shape index (κ2) is 7.14. The van der Waals surface area contributed by atoms with E-state index in [0.29, 0.717) is 16.4 Å². The average Bonchev–Trinajstić information content (AvgIpc) is 3.19. The molecule has 4 aromatic rings. The van der Waals surface area contributed by atoms with Crippen molar-refractivity contribution >= 4 is 33.3 Å². The Morgan fingerprint density at radius 2 is 2.00 bits per heavy atom. The molecule has 0 radical (unpaired) electrons. The van der Waals surface area contributed by atoms with Gasteiger partial charge in [0.25, 0.3) is 5.56 Å². The van der Waals surface area contributed by atoms with E-state index < -0.39 is 0 Å². The molecule has 144 valence electrons. The normalized spacial score (nSPS) is 12.6. The zero-order chi connectivity index (χ0) is 20.0. The first-order valence-electron chi connectivity index (χ1n) is 8.87. The monoisotopic (exact) mass is 412 g/mol. The zero-order valence-corrected chi connectivity index (χ0v) is 17.9. The number of thiophene rings is 1. The molecule has 0 spiro atoms. The van der Waals surface area contributed by atoms with Crippen LogP contribution in [0.4, 0.5) is 0 Å². The molecule has 1 unspecified atom stereocenters. The minimum Gasteiger partial charge on any atom is -0.309 e. The van der Waals surface area contributed by atoms with E-state index in [-0.39, 0.29) is 10.8 Å². The fourth-order valence-corrected chi connectivity index (χ4v) is 5.02. The van der Waals surface area contributed by atoms with Gasteiger partial charge < -0.3 is 4.98 Å². The second-order valence-corrected chi connectivity index (χ2v) is 9.35. The van der Waals surface area contributed by atoms with E-state index in [1.807, 2.05) is 39.8 Å². The van der Waals surface area contributed by atoms with Crippen molar-refractivity contribution in [1.82, 2.24) is 30.2 Å². The van der Waals surface area contributed by atoms with Gasteiger partial charge in [-0.15, -0.1) is 16.4 Å². The van der Waals surface area contributed by atoms with E-state index in [2.05, 4.69) is 33.5 Å². The van der Waals surface area contributed by atoms with Gasteiger partial charge in [-0.1, -0.05) is 29.5 Å². The minimum atomic E-state index is -0.115. The first kappa shape index (κ1) is 18.8. The van der Waals surface area contributed by atoms with Crippen molar-refractivity contribution in [2.75, 3.05) is 0 Å². The molecule has 9 heteroatoms. The van der Waals surface area contributed by atoms with Crippen LogP contribution in [0.25, 0.3) is 15.9 Å². The van der Waals surface area contributed by atoms with Crippen molar-refractivity contribution in [2.45, 2.75) is 45.0 Å². The lowest BCUT2D eigenvalue weighted by Gasteiger charge is -2.12. The molecular weight excluding hydrogens is 392 g/mol. The number of benzene rings is 1. The van der Waals surface area contributed by atoms with Crippen LogP contribution >= 0.6 is 23.1 Å². The molecule has 7 nitrogen and oxygen atoms in total. The maximum atomic E-state index is 12.6. The standard InChI is InChI=1S/C19H20N6OS2/c1-9-6-7-14(10(2)8-9)25-19(22-23-24-25)28-13(5)16-20-17(26)15-11(3)12(4)27-18(15)21-16/h6-8,13H,1-5H3,(H,20,21,26). The highest BCUT2D eigenvalue weighted by Gasteiger charge is 2.20. The summed E-state index contributed by atoms with van der Waals surface area (Å²) in [5.74, 6) is 0.624. The maximum absolute atomic E-state index is 12.6. The first-order chi connectivity index (χ1) is 13.3. The molecule has 1 aromatic carbocycles. The van der Waals surface area contributed by atoms with E-state index in [9.17, 15) is 4.79 Å². The van der Waals surface area contributed by atoms with Crippen molar-refractivity contribution in [3.63, 3.8) is 0 Å². The van der Waals surface area contributed by atoms with Gasteiger partial charge in [-0.05, 0) is 62.2 Å². The van der Waals surface area contributed by atoms with Gasteiger partial charge in [-0.3, -0.25) is 4.79 Å². The van der Waals surface area contributed by atoms with Crippen molar-refractivity contribution < 1.29 is 0 Å². The van der Waals surface area contributed by atoms with Crippen LogP contribution < -0.4 is 5.56 Å². The SMILES string of the molecule is Cc1ccc(-n2nnnc2SC(C)c2nc3sc(C)c(C)c3c(=O)[nH]2)c(C)c1. The smallest absolute Gasteiger partial charge is 0.259 e. The summed E-state index contributed by atoms with van der Waals surface area (Å²) in [6, 6.07) is 6.15. The van der Waals surface area contributed by atoms with Crippen LogP contribution in [0.2, 0.25) is 0 Å². The van der Waals surface area contributed by atoms with Gasteiger partial charge in [0.2, 0.25) is 5.16 Å². The first-order valence-corrected chi connectivity index (χ1v) is 10.6. The Kier molecular flexibility index (Phi) is 4.80. The largest absolute Gasteiger partial charge is 0.309 e. The number of nitrogens with one attached hydrogen (secondary N) is 1. The number of aromatic amines is 1. The minimum absolute atomic E-state index is 0.0942. The van der Waals surface area contributed by atoms with Crippen LogP contribution in [0.1, 0.15) is 39.6 Å². The molecule has 0 saturated carbocycles. The number of aromatic nitrogens is 6. The molecule has 0 fully saturated rings. The molecule has 1 N–H and O–H groups in total. The van der Waals surface area contributed by atoms with Crippen LogP contribution in [0.15, 0.2) is 28.2 Å². The number of tetrazole rings is 1.